The van der Waals surface area contributed by atoms with Gasteiger partial charge in [0.05, 0.1) is 18.5 Å². The van der Waals surface area contributed by atoms with Crippen LogP contribution in [-0.2, 0) is 9.09 Å². The van der Waals surface area contributed by atoms with Crippen LogP contribution in [0.1, 0.15) is 0 Å². The molecule has 0 spiro atoms. The molecular formula is C8H11O4P. The molecule has 0 saturated heterocycles. The van der Waals surface area contributed by atoms with Gasteiger partial charge >= 0.3 is 7.60 Å². The zero-order valence-electron chi connectivity index (χ0n) is 6.96. The third-order valence-corrected chi connectivity index (χ3v) is 2.92. The fraction of sp³-hybridized carbons (Fsp3) is 0.250. The zero-order chi connectivity index (χ0) is 9.73. The molecule has 0 aliphatic rings. The first-order chi connectivity index (χ1) is 6.17. The van der Waals surface area contributed by atoms with E-state index in [1.54, 1.807) is 18.2 Å². The number of aliphatic hydroxyl groups is 1. The predicted molar refractivity (Wildman–Crippen MR) is 48.9 cm³/mol. The summed E-state index contributed by atoms with van der Waals surface area (Å²) in [4.78, 5) is 9.34. The minimum atomic E-state index is -3.72. The molecule has 72 valence electrons. The Balaban J connectivity index is 2.76. The second-order valence-corrected chi connectivity index (χ2v) is 4.23. The Hall–Kier alpha value is -0.670. The van der Waals surface area contributed by atoms with Crippen LogP contribution >= 0.6 is 7.60 Å². The van der Waals surface area contributed by atoms with E-state index < -0.39 is 7.60 Å². The molecule has 0 aliphatic carbocycles. The molecule has 0 fully saturated rings. The lowest BCUT2D eigenvalue weighted by atomic mass is 10.4. The van der Waals surface area contributed by atoms with Crippen LogP contribution in [0.25, 0.3) is 0 Å². The maximum absolute atomic E-state index is 11.4. The Morgan fingerprint density at radius 1 is 1.31 bits per heavy atom. The maximum atomic E-state index is 11.4. The van der Waals surface area contributed by atoms with E-state index in [0.29, 0.717) is 0 Å². The summed E-state index contributed by atoms with van der Waals surface area (Å²) in [6, 6.07) is 8.08. The van der Waals surface area contributed by atoms with Crippen molar-refractivity contribution in [2.45, 2.75) is 0 Å². The van der Waals surface area contributed by atoms with Crippen molar-refractivity contribution in [2.24, 2.45) is 0 Å². The van der Waals surface area contributed by atoms with Gasteiger partial charge in [-0.2, -0.15) is 0 Å². The highest BCUT2D eigenvalue weighted by Crippen LogP contribution is 2.39. The molecule has 0 radical (unpaired) electrons. The van der Waals surface area contributed by atoms with Crippen LogP contribution in [0, 0.1) is 0 Å². The van der Waals surface area contributed by atoms with Gasteiger partial charge < -0.3 is 14.5 Å². The van der Waals surface area contributed by atoms with Crippen molar-refractivity contribution < 1.29 is 19.1 Å². The average Bonchev–Trinajstić information content (AvgIpc) is 2.16. The summed E-state index contributed by atoms with van der Waals surface area (Å²) in [7, 11) is -3.72. The minimum absolute atomic E-state index is 0.136. The van der Waals surface area contributed by atoms with Gasteiger partial charge in [0.2, 0.25) is 0 Å². The van der Waals surface area contributed by atoms with Crippen LogP contribution in [0.2, 0.25) is 0 Å². The van der Waals surface area contributed by atoms with E-state index in [2.05, 4.69) is 4.52 Å². The van der Waals surface area contributed by atoms with Crippen LogP contribution in [0.3, 0.4) is 0 Å². The first-order valence-corrected chi connectivity index (χ1v) is 5.38. The van der Waals surface area contributed by atoms with Crippen LogP contribution < -0.4 is 5.30 Å². The SMILES string of the molecule is O=P(O)(OCCO)c1ccccc1. The normalized spacial score (nSPS) is 15.2. The first-order valence-electron chi connectivity index (χ1n) is 3.80. The van der Waals surface area contributed by atoms with E-state index >= 15 is 0 Å². The molecule has 0 amide bonds. The van der Waals surface area contributed by atoms with Gasteiger partial charge in [-0.1, -0.05) is 18.2 Å². The smallest absolute Gasteiger partial charge is 0.358 e. The number of aliphatic hydroxyl groups excluding tert-OH is 1. The third-order valence-electron chi connectivity index (χ3n) is 1.44. The van der Waals surface area contributed by atoms with Gasteiger partial charge in [-0.3, -0.25) is 4.57 Å². The van der Waals surface area contributed by atoms with E-state index in [4.69, 9.17) is 5.11 Å². The molecule has 1 aromatic carbocycles. The maximum Gasteiger partial charge on any atom is 0.358 e. The summed E-state index contributed by atoms with van der Waals surface area (Å²) in [6.45, 7) is -0.403. The van der Waals surface area contributed by atoms with E-state index in [9.17, 15) is 9.46 Å². The Labute approximate surface area is 76.3 Å². The molecule has 1 unspecified atom stereocenters. The van der Waals surface area contributed by atoms with E-state index in [0.717, 1.165) is 0 Å². The summed E-state index contributed by atoms with van der Waals surface area (Å²) < 4.78 is 16.0. The van der Waals surface area contributed by atoms with Gasteiger partial charge in [0.15, 0.2) is 0 Å². The Morgan fingerprint density at radius 2 is 1.92 bits per heavy atom. The molecule has 4 nitrogen and oxygen atoms in total. The predicted octanol–water partition coefficient (Wildman–Crippen LogP) is 0.506. The summed E-state index contributed by atoms with van der Waals surface area (Å²) in [5.74, 6) is 0. The van der Waals surface area contributed by atoms with Gasteiger partial charge in [0.1, 0.15) is 0 Å². The topological polar surface area (TPSA) is 66.8 Å². The molecule has 0 heterocycles. The molecule has 0 bridgehead atoms. The third kappa shape index (κ3) is 2.94. The molecule has 0 aromatic heterocycles. The van der Waals surface area contributed by atoms with Gasteiger partial charge in [-0.25, -0.2) is 0 Å². The summed E-state index contributed by atoms with van der Waals surface area (Å²) in [5.41, 5.74) is 0. The van der Waals surface area contributed by atoms with Gasteiger partial charge in [0, 0.05) is 0 Å². The van der Waals surface area contributed by atoms with Gasteiger partial charge in [0.25, 0.3) is 0 Å². The molecule has 0 saturated carbocycles. The molecule has 1 aromatic rings. The Kier molecular flexibility index (Phi) is 3.63. The number of hydrogen-bond donors (Lipinski definition) is 2. The summed E-state index contributed by atoms with van der Waals surface area (Å²) in [5, 5.41) is 8.66. The van der Waals surface area contributed by atoms with Crippen molar-refractivity contribution in [3.05, 3.63) is 30.3 Å². The highest BCUT2D eigenvalue weighted by Gasteiger charge is 2.21. The lowest BCUT2D eigenvalue weighted by Crippen LogP contribution is -2.08. The number of hydrogen-bond acceptors (Lipinski definition) is 3. The van der Waals surface area contributed by atoms with Crippen LogP contribution in [0.4, 0.5) is 0 Å². The lowest BCUT2D eigenvalue weighted by molar-refractivity contribution is 0.187. The molecule has 5 heteroatoms. The summed E-state index contributed by atoms with van der Waals surface area (Å²) in [6.07, 6.45) is 0. The van der Waals surface area contributed by atoms with Crippen molar-refractivity contribution in [3.8, 4) is 0 Å². The highest BCUT2D eigenvalue weighted by molar-refractivity contribution is 7.61. The van der Waals surface area contributed by atoms with Crippen molar-refractivity contribution in [2.75, 3.05) is 13.2 Å². The zero-order valence-corrected chi connectivity index (χ0v) is 7.85. The fourth-order valence-corrected chi connectivity index (χ4v) is 1.88. The molecule has 2 N–H and O–H groups in total. The van der Waals surface area contributed by atoms with E-state index in [-0.39, 0.29) is 18.5 Å². The lowest BCUT2D eigenvalue weighted by Gasteiger charge is -2.10. The van der Waals surface area contributed by atoms with E-state index in [1.807, 2.05) is 0 Å². The van der Waals surface area contributed by atoms with Gasteiger partial charge in [-0.05, 0) is 12.1 Å². The van der Waals surface area contributed by atoms with Crippen molar-refractivity contribution >= 4 is 12.9 Å². The van der Waals surface area contributed by atoms with Crippen LogP contribution in [0.5, 0.6) is 0 Å². The van der Waals surface area contributed by atoms with Crippen LogP contribution in [-0.4, -0.2) is 23.2 Å². The second-order valence-electron chi connectivity index (χ2n) is 2.41. The van der Waals surface area contributed by atoms with Crippen molar-refractivity contribution in [1.82, 2.24) is 0 Å². The highest BCUT2D eigenvalue weighted by atomic mass is 31.2. The monoisotopic (exact) mass is 202 g/mol. The average molecular weight is 202 g/mol. The fourth-order valence-electron chi connectivity index (χ4n) is 0.855. The first kappa shape index (κ1) is 10.4. The van der Waals surface area contributed by atoms with Gasteiger partial charge in [-0.15, -0.1) is 0 Å². The molecule has 1 atom stereocenters. The molecule has 0 aliphatic heterocycles. The number of rotatable bonds is 4. The standard InChI is InChI=1S/C8H11O4P/c9-6-7-12-13(10,11)8-4-2-1-3-5-8/h1-5,9H,6-7H2,(H,10,11). The molecule has 13 heavy (non-hydrogen) atoms. The Bertz CT molecular complexity index is 298. The van der Waals surface area contributed by atoms with Crippen molar-refractivity contribution in [1.29, 1.82) is 0 Å². The summed E-state index contributed by atoms with van der Waals surface area (Å²) >= 11 is 0. The largest absolute Gasteiger partial charge is 0.394 e. The van der Waals surface area contributed by atoms with Crippen LogP contribution in [0.15, 0.2) is 30.3 Å². The second kappa shape index (κ2) is 4.53. The quantitative estimate of drug-likeness (QED) is 0.698. The number of benzene rings is 1. The molecule has 1 rings (SSSR count). The molecular weight excluding hydrogens is 191 g/mol. The van der Waals surface area contributed by atoms with E-state index in [1.165, 1.54) is 12.1 Å². The minimum Gasteiger partial charge on any atom is -0.394 e. The Morgan fingerprint density at radius 3 is 2.46 bits per heavy atom. The van der Waals surface area contributed by atoms with Crippen molar-refractivity contribution in [3.63, 3.8) is 0 Å².